The zero-order chi connectivity index (χ0) is 25.9. The van der Waals surface area contributed by atoms with Crippen LogP contribution in [-0.2, 0) is 21.0 Å². The molecule has 0 radical (unpaired) electrons. The monoisotopic (exact) mass is 522 g/mol. The van der Waals surface area contributed by atoms with Gasteiger partial charge in [0, 0.05) is 34.9 Å². The van der Waals surface area contributed by atoms with Crippen LogP contribution in [0.5, 0.6) is 0 Å². The lowest BCUT2D eigenvalue weighted by molar-refractivity contribution is -0.281. The molecule has 3 aliphatic carbocycles. The van der Waals surface area contributed by atoms with E-state index in [1.165, 1.54) is 29.6 Å². The number of rotatable bonds is 4. The van der Waals surface area contributed by atoms with Crippen LogP contribution in [0.25, 0.3) is 0 Å². The maximum atomic E-state index is 17.3. The van der Waals surface area contributed by atoms with E-state index in [1.54, 1.807) is 25.1 Å². The zero-order valence-electron chi connectivity index (χ0n) is 20.4. The van der Waals surface area contributed by atoms with Crippen molar-refractivity contribution in [3.05, 3.63) is 40.4 Å². The van der Waals surface area contributed by atoms with Crippen LogP contribution in [-0.4, -0.2) is 69.0 Å². The summed E-state index contributed by atoms with van der Waals surface area (Å²) in [5, 5.41) is 25.5. The molecule has 8 unspecified atom stereocenters. The molecular weight excluding hydrogens is 490 g/mol. The Labute approximate surface area is 212 Å². The molecule has 0 amide bonds. The van der Waals surface area contributed by atoms with E-state index in [0.717, 1.165) is 5.01 Å². The molecule has 2 saturated carbocycles. The molecule has 1 aliphatic heterocycles. The smallest absolute Gasteiger partial charge is 0.189 e. The number of aliphatic hydroxyl groups is 2. The van der Waals surface area contributed by atoms with Crippen LogP contribution in [0.3, 0.4) is 0 Å². The molecule has 1 aromatic rings. The highest BCUT2D eigenvalue weighted by atomic mass is 32.1. The maximum absolute atomic E-state index is 17.3. The number of aromatic nitrogens is 1. The zero-order valence-corrected chi connectivity index (χ0v) is 21.2. The first kappa shape index (κ1) is 25.8. The van der Waals surface area contributed by atoms with Gasteiger partial charge in [0.15, 0.2) is 17.2 Å². The fourth-order valence-corrected chi connectivity index (χ4v) is 7.96. The number of alkyl halides is 2. The second-order valence-electron chi connectivity index (χ2n) is 11.0. The normalized spacial score (nSPS) is 43.0. The van der Waals surface area contributed by atoms with Crippen molar-refractivity contribution in [3.8, 4) is 0 Å². The van der Waals surface area contributed by atoms with Crippen molar-refractivity contribution < 1.29 is 33.4 Å². The van der Waals surface area contributed by atoms with E-state index >= 15 is 8.78 Å². The fraction of sp³-hybridized carbons (Fsp3) is 0.654. The lowest BCUT2D eigenvalue weighted by atomic mass is 9.43. The first-order valence-corrected chi connectivity index (χ1v) is 13.3. The van der Waals surface area contributed by atoms with E-state index in [9.17, 15) is 19.8 Å². The highest BCUT2D eigenvalue weighted by Crippen LogP contribution is 2.66. The van der Waals surface area contributed by atoms with Gasteiger partial charge in [-0.3, -0.25) is 14.4 Å². The Balaban J connectivity index is 1.55. The van der Waals surface area contributed by atoms with Gasteiger partial charge < -0.3 is 10.2 Å². The average Bonchev–Trinajstić information content (AvgIpc) is 3.34. The Morgan fingerprint density at radius 3 is 2.83 bits per heavy atom. The van der Waals surface area contributed by atoms with Gasteiger partial charge in [-0.05, 0) is 56.3 Å². The van der Waals surface area contributed by atoms with E-state index in [0.29, 0.717) is 25.9 Å². The van der Waals surface area contributed by atoms with Crippen molar-refractivity contribution in [3.63, 3.8) is 0 Å². The molecule has 4 aliphatic rings. The lowest BCUT2D eigenvalue weighted by Crippen LogP contribution is -2.70. The topological polar surface area (TPSA) is 100.0 Å². The molecule has 2 heterocycles. The molecule has 1 aromatic heterocycles. The molecule has 5 rings (SSSR count). The molecular formula is C26H32F2N2O5S. The largest absolute Gasteiger partial charge is 0.390 e. The van der Waals surface area contributed by atoms with Gasteiger partial charge in [0.05, 0.1) is 12.6 Å². The summed E-state index contributed by atoms with van der Waals surface area (Å²) in [6.45, 7) is 3.38. The molecule has 2 N–H and O–H groups in total. The van der Waals surface area contributed by atoms with Gasteiger partial charge >= 0.3 is 0 Å². The molecule has 0 spiro atoms. The molecule has 196 valence electrons. The van der Waals surface area contributed by atoms with Gasteiger partial charge in [0.2, 0.25) is 0 Å². The summed E-state index contributed by atoms with van der Waals surface area (Å²) in [5.41, 5.74) is -4.70. The van der Waals surface area contributed by atoms with Gasteiger partial charge in [-0.25, -0.2) is 13.8 Å². The molecule has 3 fully saturated rings. The second kappa shape index (κ2) is 9.16. The first-order valence-electron chi connectivity index (χ1n) is 12.4. The van der Waals surface area contributed by atoms with Crippen LogP contribution in [0, 0.1) is 22.7 Å². The number of hydroxylamine groups is 2. The highest BCUT2D eigenvalue weighted by molar-refractivity contribution is 7.09. The van der Waals surface area contributed by atoms with E-state index in [-0.39, 0.29) is 18.4 Å². The number of allylic oxidation sites excluding steroid dienone is 4. The van der Waals surface area contributed by atoms with Crippen LogP contribution in [0.15, 0.2) is 35.4 Å². The third kappa shape index (κ3) is 3.75. The van der Waals surface area contributed by atoms with Crippen molar-refractivity contribution in [2.24, 2.45) is 22.7 Å². The number of fused-ring (bicyclic) bond motifs is 5. The van der Waals surface area contributed by atoms with Crippen LogP contribution in [0.4, 0.5) is 8.78 Å². The number of thiazole rings is 1. The van der Waals surface area contributed by atoms with Crippen molar-refractivity contribution in [1.29, 1.82) is 0 Å². The van der Waals surface area contributed by atoms with Crippen LogP contribution in [0.2, 0.25) is 0 Å². The Bertz CT molecular complexity index is 1100. The number of aliphatic hydroxyl groups excluding tert-OH is 2. The average molecular weight is 523 g/mol. The molecule has 10 heteroatoms. The Morgan fingerprint density at radius 2 is 2.14 bits per heavy atom. The predicted octanol–water partition coefficient (Wildman–Crippen LogP) is 3.13. The number of hydrogen-bond acceptors (Lipinski definition) is 8. The molecule has 36 heavy (non-hydrogen) atoms. The quantitative estimate of drug-likeness (QED) is 0.627. The van der Waals surface area contributed by atoms with E-state index < -0.39 is 64.9 Å². The molecule has 8 atom stereocenters. The van der Waals surface area contributed by atoms with Gasteiger partial charge in [0.25, 0.3) is 0 Å². The third-order valence-electron chi connectivity index (χ3n) is 9.08. The fourth-order valence-electron chi connectivity index (χ4n) is 7.34. The standard InChI is InChI=1S/C26H32F2N2O5S/c1-24-12-21(34)26(28)17(11-19(27)18-10-15(32)5-6-25(18,26)2)16(24)4-3-8-30(13-22-29-7-9-36-22)35-23(24)20(33)14-31/h5-7,9-10,16-17,19,21,23,31,34H,3-4,8,11-14H2,1-2H3. The number of halogens is 2. The minimum absolute atomic E-state index is 0.0658. The summed E-state index contributed by atoms with van der Waals surface area (Å²) < 4.78 is 32.9. The number of ketones is 2. The summed E-state index contributed by atoms with van der Waals surface area (Å²) >= 11 is 1.46. The number of carbonyl (C=O) groups is 2. The number of Topliss-reactive ketones (excluding diaryl/α,β-unsaturated/α-hetero) is 1. The first-order chi connectivity index (χ1) is 17.0. The highest BCUT2D eigenvalue weighted by Gasteiger charge is 2.71. The van der Waals surface area contributed by atoms with Gasteiger partial charge in [-0.1, -0.05) is 13.0 Å². The maximum Gasteiger partial charge on any atom is 0.189 e. The number of carbonyl (C=O) groups excluding carboxylic acids is 2. The lowest BCUT2D eigenvalue weighted by Gasteiger charge is -2.64. The third-order valence-corrected chi connectivity index (χ3v) is 9.85. The minimum Gasteiger partial charge on any atom is -0.390 e. The summed E-state index contributed by atoms with van der Waals surface area (Å²) in [7, 11) is 0. The summed E-state index contributed by atoms with van der Waals surface area (Å²) in [6.07, 6.45) is 2.08. The van der Waals surface area contributed by atoms with Crippen molar-refractivity contribution >= 4 is 22.9 Å². The molecule has 1 saturated heterocycles. The van der Waals surface area contributed by atoms with Crippen LogP contribution < -0.4 is 0 Å². The van der Waals surface area contributed by atoms with E-state index in [4.69, 9.17) is 4.84 Å². The van der Waals surface area contributed by atoms with Gasteiger partial charge in [0.1, 0.15) is 23.9 Å². The molecule has 7 nitrogen and oxygen atoms in total. The number of hydrogen-bond donors (Lipinski definition) is 2. The van der Waals surface area contributed by atoms with Crippen LogP contribution >= 0.6 is 11.3 Å². The Kier molecular flexibility index (Phi) is 6.56. The molecule has 0 bridgehead atoms. The minimum atomic E-state index is -2.23. The van der Waals surface area contributed by atoms with Crippen molar-refractivity contribution in [2.75, 3.05) is 13.2 Å². The summed E-state index contributed by atoms with van der Waals surface area (Å²) in [5.74, 6) is -2.36. The Morgan fingerprint density at radius 1 is 1.36 bits per heavy atom. The number of nitrogens with zero attached hydrogens (tertiary/aromatic N) is 2. The Hall–Kier alpha value is -1.85. The van der Waals surface area contributed by atoms with Gasteiger partial charge in [-0.2, -0.15) is 5.06 Å². The van der Waals surface area contributed by atoms with Gasteiger partial charge in [-0.15, -0.1) is 11.3 Å². The summed E-state index contributed by atoms with van der Waals surface area (Å²) in [6, 6.07) is 0. The molecule has 0 aromatic carbocycles. The van der Waals surface area contributed by atoms with Crippen molar-refractivity contribution in [2.45, 2.75) is 70.1 Å². The summed E-state index contributed by atoms with van der Waals surface area (Å²) in [4.78, 5) is 35.6. The predicted molar refractivity (Wildman–Crippen MR) is 128 cm³/mol. The van der Waals surface area contributed by atoms with E-state index in [1.807, 2.05) is 5.38 Å². The second-order valence-corrected chi connectivity index (χ2v) is 12.0. The van der Waals surface area contributed by atoms with Crippen LogP contribution in [0.1, 0.15) is 44.5 Å². The SMILES string of the molecule is CC12CC(O)C3(F)C(CC(F)C4=CC(=O)C=CC43C)C1CCCN(Cc1nccs1)OC2C(=O)CO. The van der Waals surface area contributed by atoms with Crippen molar-refractivity contribution in [1.82, 2.24) is 10.0 Å². The van der Waals surface area contributed by atoms with E-state index in [2.05, 4.69) is 4.98 Å².